The first-order valence-electron chi connectivity index (χ1n) is 12.9. The third-order valence-electron chi connectivity index (χ3n) is 3.80. The first-order chi connectivity index (χ1) is 19.3. The zero-order valence-electron chi connectivity index (χ0n) is 23.9. The number of carbonyl (C=O) groups is 6. The molecule has 0 saturated carbocycles. The summed E-state index contributed by atoms with van der Waals surface area (Å²) in [6, 6.07) is 0. The van der Waals surface area contributed by atoms with Crippen molar-refractivity contribution in [3.63, 3.8) is 0 Å². The number of likely N-dealkylation sites (N-methyl/N-ethyl adjacent to an activating group) is 1. The van der Waals surface area contributed by atoms with E-state index in [4.69, 9.17) is 24.7 Å². The van der Waals surface area contributed by atoms with Crippen LogP contribution in [0.1, 0.15) is 27.2 Å². The molecule has 0 bridgehead atoms. The van der Waals surface area contributed by atoms with Gasteiger partial charge in [-0.3, -0.25) is 28.8 Å². The van der Waals surface area contributed by atoms with Crippen molar-refractivity contribution in [3.05, 3.63) is 0 Å². The molecule has 0 aliphatic carbocycles. The fourth-order valence-electron chi connectivity index (χ4n) is 2.07. The van der Waals surface area contributed by atoms with E-state index in [9.17, 15) is 28.8 Å². The van der Waals surface area contributed by atoms with Gasteiger partial charge in [-0.1, -0.05) is 6.92 Å². The van der Waals surface area contributed by atoms with Crippen LogP contribution in [0.3, 0.4) is 0 Å². The molecule has 0 saturated heterocycles. The van der Waals surface area contributed by atoms with Crippen LogP contribution in [0.5, 0.6) is 0 Å². The van der Waals surface area contributed by atoms with Crippen LogP contribution in [0.4, 0.5) is 0 Å². The fourth-order valence-corrected chi connectivity index (χ4v) is 2.07. The molecule has 0 aromatic heterocycles. The summed E-state index contributed by atoms with van der Waals surface area (Å²) in [4.78, 5) is 63.4. The number of Topliss-reactive ketones (excluding diaryl/α,β-unsaturated/α-hetero) is 1. The molecule has 0 heterocycles. The first kappa shape index (κ1) is 41.3. The van der Waals surface area contributed by atoms with Crippen LogP contribution in [0.25, 0.3) is 0 Å². The van der Waals surface area contributed by atoms with E-state index in [1.165, 1.54) is 6.92 Å². The van der Waals surface area contributed by atoms with Gasteiger partial charge >= 0.3 is 0 Å². The summed E-state index contributed by atoms with van der Waals surface area (Å²) in [6.07, 6.45) is 1.32. The van der Waals surface area contributed by atoms with Crippen molar-refractivity contribution < 1.29 is 47.7 Å². The van der Waals surface area contributed by atoms with Crippen LogP contribution >= 0.6 is 0 Å². The summed E-state index contributed by atoms with van der Waals surface area (Å²) in [5.74, 6) is -0.848. The van der Waals surface area contributed by atoms with E-state index in [2.05, 4.69) is 26.6 Å². The van der Waals surface area contributed by atoms with E-state index in [1.54, 1.807) is 0 Å². The van der Waals surface area contributed by atoms with E-state index >= 15 is 0 Å². The highest BCUT2D eigenvalue weighted by Crippen LogP contribution is 1.86. The predicted molar refractivity (Wildman–Crippen MR) is 146 cm³/mol. The maximum absolute atomic E-state index is 11.4. The van der Waals surface area contributed by atoms with Gasteiger partial charge in [-0.15, -0.1) is 0 Å². The highest BCUT2D eigenvalue weighted by Gasteiger charge is 2.04. The zero-order valence-corrected chi connectivity index (χ0v) is 23.9. The van der Waals surface area contributed by atoms with Gasteiger partial charge in [0.2, 0.25) is 30.5 Å². The molecule has 16 heteroatoms. The largest absolute Gasteiger partial charge is 0.379 e. The van der Waals surface area contributed by atoms with Gasteiger partial charge in [0.05, 0.1) is 72.5 Å². The minimum Gasteiger partial charge on any atom is -0.379 e. The van der Waals surface area contributed by atoms with Crippen molar-refractivity contribution in [2.45, 2.75) is 27.2 Å². The average Bonchev–Trinajstić information content (AvgIpc) is 2.92. The monoisotopic (exact) mass is 580 g/mol. The van der Waals surface area contributed by atoms with Crippen LogP contribution in [0, 0.1) is 0 Å². The van der Waals surface area contributed by atoms with Crippen LogP contribution in [0.15, 0.2) is 0 Å². The van der Waals surface area contributed by atoms with Gasteiger partial charge in [0.25, 0.3) is 0 Å². The Bertz CT molecular complexity index is 656. The van der Waals surface area contributed by atoms with Crippen LogP contribution in [-0.4, -0.2) is 128 Å². The third-order valence-corrected chi connectivity index (χ3v) is 3.80. The molecule has 0 radical (unpaired) electrons. The Morgan fingerprint density at radius 2 is 1.02 bits per heavy atom. The van der Waals surface area contributed by atoms with E-state index in [1.807, 2.05) is 13.8 Å². The SMILES string of the molecule is CC(=O)CCOCCOCCOCCOCCNC(=O)CNC(=O)CNC=O.CCN.CCNC(=O)CNC=O. The van der Waals surface area contributed by atoms with Crippen molar-refractivity contribution in [1.82, 2.24) is 26.6 Å². The second-order valence-electron chi connectivity index (χ2n) is 7.39. The Labute approximate surface area is 236 Å². The van der Waals surface area contributed by atoms with E-state index in [0.29, 0.717) is 85.2 Å². The Hall–Kier alpha value is -3.18. The van der Waals surface area contributed by atoms with Crippen LogP contribution in [0.2, 0.25) is 0 Å². The lowest BCUT2D eigenvalue weighted by atomic mass is 10.3. The summed E-state index contributed by atoms with van der Waals surface area (Å²) >= 11 is 0. The predicted octanol–water partition coefficient (Wildman–Crippen LogP) is -3.16. The molecule has 0 aliphatic rings. The van der Waals surface area contributed by atoms with Gasteiger partial charge in [-0.05, 0) is 20.4 Å². The molecule has 0 aromatic rings. The highest BCUT2D eigenvalue weighted by molar-refractivity contribution is 5.86. The van der Waals surface area contributed by atoms with Gasteiger partial charge < -0.3 is 51.3 Å². The minimum absolute atomic E-state index is 0.0668. The van der Waals surface area contributed by atoms with Gasteiger partial charge in [0, 0.05) is 19.5 Å². The van der Waals surface area contributed by atoms with Gasteiger partial charge in [-0.2, -0.15) is 0 Å². The summed E-state index contributed by atoms with van der Waals surface area (Å²) < 4.78 is 21.1. The normalized spacial score (nSPS) is 9.50. The molecule has 5 amide bonds. The lowest BCUT2D eigenvalue weighted by molar-refractivity contribution is -0.126. The Balaban J connectivity index is -0.000000948. The molecule has 0 aliphatic heterocycles. The zero-order chi connectivity index (χ0) is 30.7. The number of nitrogens with one attached hydrogen (secondary N) is 5. The Kier molecular flexibility index (Phi) is 37.0. The van der Waals surface area contributed by atoms with Crippen molar-refractivity contribution in [2.75, 3.05) is 92.1 Å². The third kappa shape index (κ3) is 41.9. The van der Waals surface area contributed by atoms with Gasteiger partial charge in [0.1, 0.15) is 5.78 Å². The maximum Gasteiger partial charge on any atom is 0.239 e. The van der Waals surface area contributed by atoms with Gasteiger partial charge in [-0.25, -0.2) is 0 Å². The number of nitrogens with two attached hydrogens (primary N) is 1. The average molecular weight is 581 g/mol. The van der Waals surface area contributed by atoms with E-state index < -0.39 is 5.91 Å². The van der Waals surface area contributed by atoms with E-state index in [-0.39, 0.29) is 37.2 Å². The molecule has 0 aromatic carbocycles. The molecule has 0 spiro atoms. The molecule has 0 unspecified atom stereocenters. The van der Waals surface area contributed by atoms with Crippen molar-refractivity contribution in [3.8, 4) is 0 Å². The molecule has 16 nitrogen and oxygen atoms in total. The first-order valence-corrected chi connectivity index (χ1v) is 12.9. The summed E-state index contributed by atoms with van der Waals surface area (Å²) in [7, 11) is 0. The minimum atomic E-state index is -0.444. The number of amides is 5. The number of carbonyl (C=O) groups excluding carboxylic acids is 6. The molecule has 0 fully saturated rings. The highest BCUT2D eigenvalue weighted by atomic mass is 16.6. The van der Waals surface area contributed by atoms with Crippen molar-refractivity contribution in [1.29, 1.82) is 0 Å². The quantitative estimate of drug-likeness (QED) is 0.0493. The molecule has 0 rings (SSSR count). The summed E-state index contributed by atoms with van der Waals surface area (Å²) in [6.45, 7) is 9.96. The molecule has 40 heavy (non-hydrogen) atoms. The van der Waals surface area contributed by atoms with Crippen molar-refractivity contribution in [2.24, 2.45) is 5.73 Å². The summed E-state index contributed by atoms with van der Waals surface area (Å²) in [5, 5.41) is 11.9. The molecule has 0 atom stereocenters. The number of ketones is 1. The number of ether oxygens (including phenoxy) is 4. The Morgan fingerprint density at radius 1 is 0.625 bits per heavy atom. The van der Waals surface area contributed by atoms with E-state index in [0.717, 1.165) is 6.54 Å². The Morgan fingerprint density at radius 3 is 1.45 bits per heavy atom. The lowest BCUT2D eigenvalue weighted by Crippen LogP contribution is -2.41. The second kappa shape index (κ2) is 35.8. The van der Waals surface area contributed by atoms with Crippen LogP contribution in [-0.2, 0) is 47.7 Å². The number of hydrogen-bond acceptors (Lipinski definition) is 11. The second-order valence-corrected chi connectivity index (χ2v) is 7.39. The molecule has 234 valence electrons. The standard InChI is InChI=1S/C17H31N3O8.C5H10N2O2.C2H7N/c1-15(22)2-4-25-6-8-27-10-11-28-9-7-26-5-3-19-17(24)13-20-16(23)12-18-14-21;1-2-7-5(9)3-6-4-8;1-2-3/h14H,2-13H2,1H3,(H,18,21)(H,19,24)(H,20,23);4H,2-3H2,1H3,(H,6,8)(H,7,9);2-3H2,1H3. The topological polar surface area (TPSA) is 226 Å². The fraction of sp³-hybridized carbons (Fsp3) is 0.750. The number of hydrogen-bond donors (Lipinski definition) is 6. The van der Waals surface area contributed by atoms with Gasteiger partial charge in [0.15, 0.2) is 0 Å². The summed E-state index contributed by atoms with van der Waals surface area (Å²) in [5.41, 5.74) is 4.85. The number of rotatable bonds is 24. The lowest BCUT2D eigenvalue weighted by Gasteiger charge is -2.08. The van der Waals surface area contributed by atoms with Crippen molar-refractivity contribution >= 4 is 36.3 Å². The molecular weight excluding hydrogens is 532 g/mol. The maximum atomic E-state index is 11.4. The molecular formula is C24H48N6O10. The van der Waals surface area contributed by atoms with Crippen LogP contribution < -0.4 is 32.3 Å². The smallest absolute Gasteiger partial charge is 0.239 e. The molecule has 7 N–H and O–H groups in total.